The maximum absolute atomic E-state index is 12.7. The summed E-state index contributed by atoms with van der Waals surface area (Å²) in [6, 6.07) is 0.890. The van der Waals surface area contributed by atoms with E-state index in [0.717, 1.165) is 0 Å². The highest BCUT2D eigenvalue weighted by molar-refractivity contribution is 7.89. The van der Waals surface area contributed by atoms with Gasteiger partial charge >= 0.3 is 0 Å². The Hall–Kier alpha value is -3.00. The van der Waals surface area contributed by atoms with E-state index in [1.165, 1.54) is 18.3 Å². The van der Waals surface area contributed by atoms with Crippen LogP contribution in [0.25, 0.3) is 0 Å². The predicted octanol–water partition coefficient (Wildman–Crippen LogP) is -1.87. The minimum absolute atomic E-state index is 0.128. The number of nitrogens with two attached hydrogens (primary N) is 2. The second-order valence-electron chi connectivity index (χ2n) is 7.41. The molecule has 1 aromatic rings. The maximum Gasteiger partial charge on any atom is 0.268 e. The fourth-order valence-corrected chi connectivity index (χ4v) is 5.01. The molecule has 3 atom stereocenters. The van der Waals surface area contributed by atoms with Crippen LogP contribution in [0.2, 0.25) is 0 Å². The zero-order chi connectivity index (χ0) is 22.9. The number of likely N-dealkylation sites (tertiary alicyclic amines) is 1. The molecule has 0 aromatic carbocycles. The number of H-pyrrole nitrogens is 1. The zero-order valence-corrected chi connectivity index (χ0v) is 17.6. The molecule has 3 heterocycles. The van der Waals surface area contributed by atoms with Gasteiger partial charge in [-0.15, -0.1) is 0 Å². The van der Waals surface area contributed by atoms with Gasteiger partial charge in [0, 0.05) is 25.3 Å². The number of aromatic amines is 1. The lowest BCUT2D eigenvalue weighted by atomic mass is 9.93. The number of pyridine rings is 1. The van der Waals surface area contributed by atoms with Gasteiger partial charge in [-0.25, -0.2) is 18.6 Å². The molecule has 1 saturated heterocycles. The Bertz CT molecular complexity index is 1120. The number of carbonyl (C=O) groups is 1. The molecular weight excluding hydrogens is 426 g/mol. The lowest BCUT2D eigenvalue weighted by molar-refractivity contribution is -0.128. The smallest absolute Gasteiger partial charge is 0.268 e. The number of aliphatic imine (C=N–C) groups is 1. The van der Waals surface area contributed by atoms with E-state index >= 15 is 0 Å². The van der Waals surface area contributed by atoms with Crippen molar-refractivity contribution >= 4 is 21.8 Å². The Morgan fingerprint density at radius 1 is 1.45 bits per heavy atom. The van der Waals surface area contributed by atoms with E-state index in [-0.39, 0.29) is 31.4 Å². The average Bonchev–Trinajstić information content (AvgIpc) is 3.05. The molecule has 0 spiro atoms. The molecule has 0 aliphatic carbocycles. The Morgan fingerprint density at radius 2 is 2.16 bits per heavy atom. The molecule has 1 fully saturated rings. The number of nitrogens with zero attached hydrogens (tertiary/aromatic N) is 2. The summed E-state index contributed by atoms with van der Waals surface area (Å²) in [6.07, 6.45) is 1.15. The monoisotopic (exact) mass is 451 g/mol. The van der Waals surface area contributed by atoms with Crippen molar-refractivity contribution in [3.63, 3.8) is 0 Å². The van der Waals surface area contributed by atoms with Crippen LogP contribution in [0.15, 0.2) is 56.4 Å². The molecule has 0 radical (unpaired) electrons. The fourth-order valence-electron chi connectivity index (χ4n) is 3.67. The second kappa shape index (κ2) is 8.63. The number of nitrogens with one attached hydrogen (secondary N) is 3. The lowest BCUT2D eigenvalue weighted by Crippen LogP contribution is -2.47. The van der Waals surface area contributed by atoms with Crippen LogP contribution in [0.4, 0.5) is 0 Å². The molecule has 0 saturated carbocycles. The number of hydrogen-bond acceptors (Lipinski definition) is 9. The number of hydroxylamine groups is 1. The van der Waals surface area contributed by atoms with Crippen molar-refractivity contribution < 1.29 is 18.4 Å². The van der Waals surface area contributed by atoms with Crippen LogP contribution in [0.5, 0.6) is 0 Å². The van der Waals surface area contributed by atoms with Gasteiger partial charge in [0.05, 0.1) is 24.2 Å². The third-order valence-electron chi connectivity index (χ3n) is 5.27. The molecule has 2 aliphatic rings. The van der Waals surface area contributed by atoms with E-state index in [9.17, 15) is 18.0 Å². The van der Waals surface area contributed by atoms with Crippen molar-refractivity contribution in [1.29, 1.82) is 0 Å². The summed E-state index contributed by atoms with van der Waals surface area (Å²) in [5.74, 6) is -0.490. The van der Waals surface area contributed by atoms with Crippen LogP contribution in [0.1, 0.15) is 13.3 Å². The van der Waals surface area contributed by atoms with Gasteiger partial charge in [-0.3, -0.25) is 19.8 Å². The summed E-state index contributed by atoms with van der Waals surface area (Å²) >= 11 is 0. The molecule has 13 heteroatoms. The summed E-state index contributed by atoms with van der Waals surface area (Å²) in [7, 11) is -4.12. The van der Waals surface area contributed by atoms with Crippen LogP contribution in [-0.4, -0.2) is 66.5 Å². The first kappa shape index (κ1) is 22.7. The third-order valence-corrected chi connectivity index (χ3v) is 6.79. The van der Waals surface area contributed by atoms with Crippen LogP contribution in [0, 0.1) is 0 Å². The number of carbonyl (C=O) groups excluding carboxylic acids is 1. The number of dihydropyridines is 1. The second-order valence-corrected chi connectivity index (χ2v) is 9.10. The quantitative estimate of drug-likeness (QED) is 0.214. The first-order chi connectivity index (χ1) is 14.5. The predicted molar refractivity (Wildman–Crippen MR) is 113 cm³/mol. The lowest BCUT2D eigenvalue weighted by Gasteiger charge is -2.31. The van der Waals surface area contributed by atoms with Gasteiger partial charge in [0.25, 0.3) is 5.56 Å². The Balaban J connectivity index is 1.90. The number of amides is 1. The first-order valence-electron chi connectivity index (χ1n) is 9.44. The van der Waals surface area contributed by atoms with E-state index in [1.54, 1.807) is 17.3 Å². The zero-order valence-electron chi connectivity index (χ0n) is 16.8. The molecule has 8 N–H and O–H groups in total. The van der Waals surface area contributed by atoms with E-state index in [2.05, 4.69) is 21.3 Å². The highest BCUT2D eigenvalue weighted by Crippen LogP contribution is 2.31. The van der Waals surface area contributed by atoms with Crippen molar-refractivity contribution in [2.75, 3.05) is 13.1 Å². The summed E-state index contributed by atoms with van der Waals surface area (Å²) in [5.41, 5.74) is 14.6. The maximum atomic E-state index is 12.7. The standard InChI is InChI=1S/C18H25N7O5S/c1-9-10(2)22-17(20)16(11(9)6-15(26)23-28)25-7-12(19)13(8-25)24-31(29,30)14-4-3-5-21-18(14)27/h3-5,10,12-13,24,28H,1,6-8,19H2,2H3,(H2,20,22)(H,21,27)(H,23,26). The largest absolute Gasteiger partial charge is 0.382 e. The normalized spacial score (nSPS) is 24.4. The van der Waals surface area contributed by atoms with Crippen molar-refractivity contribution in [3.05, 3.63) is 52.1 Å². The van der Waals surface area contributed by atoms with Crippen LogP contribution < -0.4 is 27.2 Å². The Kier molecular flexibility index (Phi) is 6.31. The summed E-state index contributed by atoms with van der Waals surface area (Å²) < 4.78 is 27.8. The number of hydrogen-bond donors (Lipinski definition) is 6. The summed E-state index contributed by atoms with van der Waals surface area (Å²) in [6.45, 7) is 6.09. The average molecular weight is 452 g/mol. The van der Waals surface area contributed by atoms with Gasteiger partial charge in [-0.2, -0.15) is 0 Å². The highest BCUT2D eigenvalue weighted by Gasteiger charge is 2.38. The van der Waals surface area contributed by atoms with E-state index in [4.69, 9.17) is 16.7 Å². The molecule has 168 valence electrons. The molecule has 2 aliphatic heterocycles. The summed E-state index contributed by atoms with van der Waals surface area (Å²) in [4.78, 5) is 31.7. The molecule has 1 aromatic heterocycles. The van der Waals surface area contributed by atoms with E-state index in [0.29, 0.717) is 16.8 Å². The van der Waals surface area contributed by atoms with Crippen molar-refractivity contribution in [1.82, 2.24) is 20.1 Å². The fraction of sp³-hybridized carbons (Fsp3) is 0.389. The van der Waals surface area contributed by atoms with Crippen LogP contribution in [-0.2, 0) is 14.8 Å². The molecule has 1 amide bonds. The van der Waals surface area contributed by atoms with Crippen LogP contribution >= 0.6 is 0 Å². The summed E-state index contributed by atoms with van der Waals surface area (Å²) in [5, 5.41) is 8.93. The molecule has 12 nitrogen and oxygen atoms in total. The van der Waals surface area contributed by atoms with Crippen molar-refractivity contribution in [3.8, 4) is 0 Å². The highest BCUT2D eigenvalue weighted by atomic mass is 32.2. The Labute approximate surface area is 178 Å². The van der Waals surface area contributed by atoms with E-state index in [1.807, 2.05) is 0 Å². The van der Waals surface area contributed by atoms with Gasteiger partial charge < -0.3 is 21.4 Å². The van der Waals surface area contributed by atoms with E-state index < -0.39 is 38.5 Å². The van der Waals surface area contributed by atoms with Gasteiger partial charge in [-0.1, -0.05) is 6.58 Å². The third kappa shape index (κ3) is 4.54. The van der Waals surface area contributed by atoms with Gasteiger partial charge in [0.15, 0.2) is 0 Å². The van der Waals surface area contributed by atoms with Crippen LogP contribution in [0.3, 0.4) is 0 Å². The van der Waals surface area contributed by atoms with Gasteiger partial charge in [0.1, 0.15) is 10.7 Å². The molecular formula is C18H25N7O5S. The van der Waals surface area contributed by atoms with Crippen molar-refractivity contribution in [2.24, 2.45) is 16.5 Å². The minimum Gasteiger partial charge on any atom is -0.382 e. The number of aromatic nitrogens is 1. The molecule has 31 heavy (non-hydrogen) atoms. The number of sulfonamides is 1. The van der Waals surface area contributed by atoms with Crippen molar-refractivity contribution in [2.45, 2.75) is 36.4 Å². The Morgan fingerprint density at radius 3 is 2.81 bits per heavy atom. The number of amidine groups is 1. The molecule has 3 rings (SSSR count). The first-order valence-corrected chi connectivity index (χ1v) is 10.9. The topological polar surface area (TPSA) is 196 Å². The minimum atomic E-state index is -4.12. The van der Waals surface area contributed by atoms with Gasteiger partial charge in [-0.05, 0) is 30.2 Å². The van der Waals surface area contributed by atoms with Gasteiger partial charge in [0.2, 0.25) is 15.9 Å². The molecule has 0 bridgehead atoms. The number of rotatable bonds is 6. The SMILES string of the molecule is C=C1C(CC(=O)NO)=C(N2CC(N)C(NS(=O)(=O)c3ccc[nH]c3=O)C2)C(N)=NC1C. The molecule has 3 unspecified atom stereocenters.